The van der Waals surface area contributed by atoms with Crippen LogP contribution in [0.5, 0.6) is 11.5 Å². The highest BCUT2D eigenvalue weighted by molar-refractivity contribution is 6.30. The number of hydrogen-bond donors (Lipinski definition) is 1. The number of ether oxygens (including phenoxy) is 2. The number of aromatic nitrogens is 3. The van der Waals surface area contributed by atoms with Crippen LogP contribution in [0, 0.1) is 6.92 Å². The quantitative estimate of drug-likeness (QED) is 0.421. The lowest BCUT2D eigenvalue weighted by Gasteiger charge is -2.39. The zero-order valence-corrected chi connectivity index (χ0v) is 18.9. The molecule has 0 fully saturated rings. The Morgan fingerprint density at radius 1 is 1.00 bits per heavy atom. The number of halogens is 1. The molecule has 1 aromatic heterocycles. The lowest BCUT2D eigenvalue weighted by molar-refractivity contribution is 0.223. The Balaban J connectivity index is 1.61. The van der Waals surface area contributed by atoms with Crippen LogP contribution in [-0.2, 0) is 0 Å². The number of fused-ring (bicyclic) bond motifs is 3. The Morgan fingerprint density at radius 2 is 1.76 bits per heavy atom. The molecule has 0 saturated carbocycles. The van der Waals surface area contributed by atoms with Crippen molar-refractivity contribution in [3.8, 4) is 11.5 Å². The third-order valence-electron chi connectivity index (χ3n) is 6.19. The van der Waals surface area contributed by atoms with E-state index in [9.17, 15) is 0 Å². The summed E-state index contributed by atoms with van der Waals surface area (Å²) in [6.45, 7) is 2.08. The Labute approximate surface area is 196 Å². The first kappa shape index (κ1) is 19.9. The van der Waals surface area contributed by atoms with Crippen LogP contribution in [-0.4, -0.2) is 21.9 Å². The zero-order chi connectivity index (χ0) is 22.5. The summed E-state index contributed by atoms with van der Waals surface area (Å²) in [6.07, 6.45) is 1.24. The first-order valence-electron chi connectivity index (χ1n) is 10.7. The molecule has 0 unspecified atom stereocenters. The van der Waals surface area contributed by atoms with Gasteiger partial charge in [-0.25, -0.2) is 4.68 Å². The molecule has 164 valence electrons. The number of nitrogens with one attached hydrogen (secondary N) is 1. The summed E-state index contributed by atoms with van der Waals surface area (Å²) < 4.78 is 13.9. The van der Waals surface area contributed by atoms with Crippen LogP contribution in [0.4, 0.5) is 5.95 Å². The van der Waals surface area contributed by atoms with E-state index < -0.39 is 0 Å². The molecule has 2 atom stereocenters. The summed E-state index contributed by atoms with van der Waals surface area (Å²) in [7, 11) is 1.66. The molecular formula is C26H21ClN4O2. The van der Waals surface area contributed by atoms with Gasteiger partial charge in [-0.2, -0.15) is 10.1 Å². The van der Waals surface area contributed by atoms with E-state index in [-0.39, 0.29) is 12.1 Å². The highest BCUT2D eigenvalue weighted by Gasteiger charge is 2.41. The highest BCUT2D eigenvalue weighted by Crippen LogP contribution is 2.51. The summed E-state index contributed by atoms with van der Waals surface area (Å²) in [5.41, 5.74) is 6.24. The summed E-state index contributed by atoms with van der Waals surface area (Å²) in [5.74, 6) is 2.24. The Morgan fingerprint density at radius 3 is 2.52 bits per heavy atom. The minimum atomic E-state index is -0.337. The van der Waals surface area contributed by atoms with Crippen molar-refractivity contribution in [3.05, 3.63) is 106 Å². The van der Waals surface area contributed by atoms with Gasteiger partial charge in [0.25, 0.3) is 0 Å². The van der Waals surface area contributed by atoms with Crippen LogP contribution in [0.25, 0.3) is 5.70 Å². The van der Waals surface area contributed by atoms with Gasteiger partial charge in [0.15, 0.2) is 0 Å². The Bertz CT molecular complexity index is 1380. The van der Waals surface area contributed by atoms with Crippen molar-refractivity contribution in [2.45, 2.75) is 19.1 Å². The second-order valence-electron chi connectivity index (χ2n) is 8.21. The van der Waals surface area contributed by atoms with Gasteiger partial charge < -0.3 is 14.8 Å². The average Bonchev–Trinajstić information content (AvgIpc) is 3.31. The Kier molecular flexibility index (Phi) is 4.62. The molecule has 2 aliphatic heterocycles. The molecule has 2 aliphatic rings. The second kappa shape index (κ2) is 7.67. The maximum Gasteiger partial charge on any atom is 0.226 e. The zero-order valence-electron chi connectivity index (χ0n) is 18.1. The Hall–Kier alpha value is -3.77. The molecule has 4 aromatic rings. The molecule has 0 radical (unpaired) electrons. The van der Waals surface area contributed by atoms with Gasteiger partial charge in [0, 0.05) is 16.2 Å². The van der Waals surface area contributed by atoms with Gasteiger partial charge in [-0.1, -0.05) is 53.6 Å². The lowest BCUT2D eigenvalue weighted by atomic mass is 9.84. The maximum atomic E-state index is 6.62. The predicted octanol–water partition coefficient (Wildman–Crippen LogP) is 5.81. The van der Waals surface area contributed by atoms with E-state index in [4.69, 9.17) is 21.1 Å². The van der Waals surface area contributed by atoms with E-state index in [1.54, 1.807) is 13.4 Å². The molecule has 7 heteroatoms. The van der Waals surface area contributed by atoms with Crippen molar-refractivity contribution in [3.63, 3.8) is 0 Å². The second-order valence-corrected chi connectivity index (χ2v) is 8.64. The smallest absolute Gasteiger partial charge is 0.226 e. The van der Waals surface area contributed by atoms with Gasteiger partial charge in [-0.15, -0.1) is 0 Å². The molecule has 6 rings (SSSR count). The number of benzene rings is 3. The third kappa shape index (κ3) is 3.26. The van der Waals surface area contributed by atoms with E-state index in [0.717, 1.165) is 39.5 Å². The maximum absolute atomic E-state index is 6.62. The number of aryl methyl sites for hydroxylation is 1. The standard InChI is InChI=1S/C26H21ClN4O2/c1-15-3-5-16(6-4-15)24-22-23(30-26-28-14-29-31(24)26)20-13-18(27)9-12-21(20)33-25(22)17-7-10-19(32-2)11-8-17/h3-14,24-25H,1-2H3,(H,28,29,30)/t24-,25+/m0/s1. The SMILES string of the molecule is COc1ccc([C@H]2Oc3ccc(Cl)cc3C3=C2[C@H](c2ccc(C)cc2)n2ncnc2N3)cc1. The van der Waals surface area contributed by atoms with Crippen molar-refractivity contribution < 1.29 is 9.47 Å². The summed E-state index contributed by atoms with van der Waals surface area (Å²) in [6, 6.07) is 22.0. The van der Waals surface area contributed by atoms with Crippen LogP contribution in [0.1, 0.15) is 34.4 Å². The summed E-state index contributed by atoms with van der Waals surface area (Å²) in [5, 5.41) is 8.71. The van der Waals surface area contributed by atoms with E-state index in [2.05, 4.69) is 46.6 Å². The molecule has 0 aliphatic carbocycles. The fourth-order valence-electron chi connectivity index (χ4n) is 4.56. The van der Waals surface area contributed by atoms with Crippen molar-refractivity contribution in [1.29, 1.82) is 0 Å². The van der Waals surface area contributed by atoms with Gasteiger partial charge in [0.05, 0.1) is 12.8 Å². The summed E-state index contributed by atoms with van der Waals surface area (Å²) >= 11 is 6.39. The minimum absolute atomic E-state index is 0.196. The molecule has 0 saturated heterocycles. The van der Waals surface area contributed by atoms with Gasteiger partial charge >= 0.3 is 0 Å². The normalized spacial score (nSPS) is 18.5. The lowest BCUT2D eigenvalue weighted by Crippen LogP contribution is -2.32. The number of nitrogens with zero attached hydrogens (tertiary/aromatic N) is 3. The first-order valence-corrected chi connectivity index (χ1v) is 11.1. The minimum Gasteiger partial charge on any atom is -0.497 e. The molecule has 0 amide bonds. The molecule has 33 heavy (non-hydrogen) atoms. The monoisotopic (exact) mass is 456 g/mol. The van der Waals surface area contributed by atoms with E-state index in [1.807, 2.05) is 47.1 Å². The molecule has 3 aromatic carbocycles. The van der Waals surface area contributed by atoms with Gasteiger partial charge in [-0.05, 0) is 48.4 Å². The largest absolute Gasteiger partial charge is 0.497 e. The molecular weight excluding hydrogens is 436 g/mol. The van der Waals surface area contributed by atoms with Gasteiger partial charge in [-0.3, -0.25) is 0 Å². The summed E-state index contributed by atoms with van der Waals surface area (Å²) in [4.78, 5) is 4.47. The van der Waals surface area contributed by atoms with Crippen LogP contribution in [0.2, 0.25) is 5.02 Å². The fraction of sp³-hybridized carbons (Fsp3) is 0.154. The molecule has 6 nitrogen and oxygen atoms in total. The van der Waals surface area contributed by atoms with Crippen molar-refractivity contribution in [2.24, 2.45) is 0 Å². The number of anilines is 1. The topological polar surface area (TPSA) is 61.2 Å². The third-order valence-corrected chi connectivity index (χ3v) is 6.42. The first-order chi connectivity index (χ1) is 16.1. The van der Waals surface area contributed by atoms with Crippen LogP contribution in [0.15, 0.2) is 78.6 Å². The van der Waals surface area contributed by atoms with Crippen molar-refractivity contribution >= 4 is 23.2 Å². The average molecular weight is 457 g/mol. The molecule has 0 bridgehead atoms. The van der Waals surface area contributed by atoms with Gasteiger partial charge in [0.2, 0.25) is 5.95 Å². The van der Waals surface area contributed by atoms with Crippen LogP contribution in [0.3, 0.4) is 0 Å². The number of rotatable bonds is 3. The fourth-order valence-corrected chi connectivity index (χ4v) is 4.74. The molecule has 0 spiro atoms. The van der Waals surface area contributed by atoms with E-state index in [1.165, 1.54) is 5.56 Å². The number of methoxy groups -OCH3 is 1. The number of hydrogen-bond acceptors (Lipinski definition) is 5. The van der Waals surface area contributed by atoms with Crippen molar-refractivity contribution in [2.75, 3.05) is 12.4 Å². The van der Waals surface area contributed by atoms with Gasteiger partial charge in [0.1, 0.15) is 30.0 Å². The highest BCUT2D eigenvalue weighted by atomic mass is 35.5. The van der Waals surface area contributed by atoms with Crippen LogP contribution >= 0.6 is 11.6 Å². The van der Waals surface area contributed by atoms with Crippen molar-refractivity contribution in [1.82, 2.24) is 14.8 Å². The van der Waals surface area contributed by atoms with E-state index in [0.29, 0.717) is 11.0 Å². The van der Waals surface area contributed by atoms with E-state index >= 15 is 0 Å². The van der Waals surface area contributed by atoms with Crippen LogP contribution < -0.4 is 14.8 Å². The molecule has 3 heterocycles. The predicted molar refractivity (Wildman–Crippen MR) is 128 cm³/mol. The molecule has 1 N–H and O–H groups in total.